The first-order valence-electron chi connectivity index (χ1n) is 45.6. The van der Waals surface area contributed by atoms with Crippen molar-refractivity contribution in [3.63, 3.8) is 0 Å². The highest BCUT2D eigenvalue weighted by Crippen LogP contribution is 2.66. The predicted molar refractivity (Wildman–Crippen MR) is 543 cm³/mol. The van der Waals surface area contributed by atoms with Crippen molar-refractivity contribution in [2.24, 2.45) is 0 Å². The summed E-state index contributed by atoms with van der Waals surface area (Å²) < 4.78 is 6.96. The molecule has 624 valence electrons. The molecule has 19 aromatic carbocycles. The van der Waals surface area contributed by atoms with E-state index in [1.54, 1.807) is 0 Å². The van der Waals surface area contributed by atoms with Crippen LogP contribution in [-0.4, -0.2) is 43.6 Å². The highest BCUT2D eigenvalue weighted by Gasteiger charge is 2.54. The summed E-state index contributed by atoms with van der Waals surface area (Å²) >= 11 is 0. The molecule has 24 aromatic rings. The van der Waals surface area contributed by atoms with Crippen LogP contribution in [0.5, 0.6) is 0 Å². The number of para-hydroxylation sites is 4. The maximum atomic E-state index is 11.1. The molecule has 11 heteroatoms. The molecule has 0 fully saturated rings. The second kappa shape index (κ2) is 30.1. The number of nitrogens with zero attached hydrogens (tertiary/aromatic N) is 11. The Morgan fingerprint density at radius 3 is 0.815 bits per heavy atom. The number of nitriles is 2. The van der Waals surface area contributed by atoms with E-state index in [2.05, 4.69) is 317 Å². The Kier molecular flexibility index (Phi) is 17.1. The third-order valence-electron chi connectivity index (χ3n) is 28.3. The van der Waals surface area contributed by atoms with E-state index in [1.807, 2.05) is 152 Å². The van der Waals surface area contributed by atoms with E-state index in [0.717, 1.165) is 94.1 Å². The number of fused-ring (bicyclic) bond motifs is 29. The zero-order valence-corrected chi connectivity index (χ0v) is 72.6. The highest BCUT2D eigenvalue weighted by molar-refractivity contribution is 6.15. The summed E-state index contributed by atoms with van der Waals surface area (Å²) in [5, 5.41) is 29.1. The minimum Gasteiger partial charge on any atom is -0.309 e. The van der Waals surface area contributed by atoms with Gasteiger partial charge in [0.05, 0.1) is 66.4 Å². The van der Waals surface area contributed by atoms with E-state index in [4.69, 9.17) is 29.9 Å². The lowest BCUT2D eigenvalue weighted by Crippen LogP contribution is -2.25. The summed E-state index contributed by atoms with van der Waals surface area (Å²) in [5.41, 5.74) is 36.8. The smallest absolute Gasteiger partial charge is 0.164 e. The molecule has 5 aromatic heterocycles. The van der Waals surface area contributed by atoms with Crippen molar-refractivity contribution in [3.8, 4) is 153 Å². The molecule has 0 aliphatic heterocycles. The molecule has 4 aliphatic rings. The minimum atomic E-state index is -0.560. The minimum absolute atomic E-state index is 0.502. The summed E-state index contributed by atoms with van der Waals surface area (Å²) in [6.45, 7) is 0. The van der Waals surface area contributed by atoms with Gasteiger partial charge in [-0.15, -0.1) is 0 Å². The van der Waals surface area contributed by atoms with Crippen molar-refractivity contribution in [2.45, 2.75) is 10.8 Å². The topological polar surface area (TPSA) is 140 Å². The Hall–Kier alpha value is -18.4. The molecule has 0 bridgehead atoms. The summed E-state index contributed by atoms with van der Waals surface area (Å²) in [6.07, 6.45) is 0. The van der Waals surface area contributed by atoms with Crippen molar-refractivity contribution >= 4 is 65.4 Å². The Bertz CT molecular complexity index is 9050. The fraction of sp³-hybridized carbons (Fsp3) is 0.0161. The normalized spacial score (nSPS) is 14.3. The van der Waals surface area contributed by atoms with E-state index in [-0.39, 0.29) is 0 Å². The van der Waals surface area contributed by atoms with Gasteiger partial charge in [-0.05, 0) is 203 Å². The number of hydrogen-bond donors (Lipinski definition) is 0. The van der Waals surface area contributed by atoms with Gasteiger partial charge >= 0.3 is 0 Å². The molecular weight excluding hydrogens is 1640 g/mol. The van der Waals surface area contributed by atoms with Crippen LogP contribution >= 0.6 is 0 Å². The molecule has 0 saturated carbocycles. The molecule has 0 radical (unpaired) electrons. The first-order chi connectivity index (χ1) is 66.9. The van der Waals surface area contributed by atoms with Crippen molar-refractivity contribution < 1.29 is 0 Å². The van der Waals surface area contributed by atoms with Crippen molar-refractivity contribution in [3.05, 3.63) is 498 Å². The summed E-state index contributed by atoms with van der Waals surface area (Å²) in [4.78, 5) is 29.7. The predicted octanol–water partition coefficient (Wildman–Crippen LogP) is 29.1. The van der Waals surface area contributed by atoms with Crippen LogP contribution in [0.1, 0.15) is 55.6 Å². The number of rotatable bonds is 10. The van der Waals surface area contributed by atoms with E-state index < -0.39 is 10.8 Å². The summed E-state index contributed by atoms with van der Waals surface area (Å²) in [6, 6.07) is 162. The lowest BCUT2D eigenvalue weighted by molar-refractivity contribution is 0.794. The molecule has 4 aliphatic carbocycles. The Balaban J connectivity index is 0.000000138. The molecule has 5 heterocycles. The van der Waals surface area contributed by atoms with Gasteiger partial charge in [0.25, 0.3) is 0 Å². The molecule has 2 unspecified atom stereocenters. The first-order valence-corrected chi connectivity index (χ1v) is 45.6. The largest absolute Gasteiger partial charge is 0.309 e. The fourth-order valence-corrected chi connectivity index (χ4v) is 22.7. The molecule has 2 spiro atoms. The van der Waals surface area contributed by atoms with E-state index in [9.17, 15) is 10.5 Å². The van der Waals surface area contributed by atoms with E-state index in [1.165, 1.54) is 122 Å². The van der Waals surface area contributed by atoms with Crippen LogP contribution in [0.15, 0.2) is 443 Å². The number of benzene rings is 19. The van der Waals surface area contributed by atoms with Gasteiger partial charge in [-0.3, -0.25) is 0 Å². The first kappa shape index (κ1) is 76.6. The molecule has 135 heavy (non-hydrogen) atoms. The van der Waals surface area contributed by atoms with Crippen LogP contribution in [0.3, 0.4) is 0 Å². The van der Waals surface area contributed by atoms with Crippen LogP contribution in [0.25, 0.3) is 206 Å². The zero-order chi connectivity index (χ0) is 89.1. The van der Waals surface area contributed by atoms with Crippen LogP contribution in [0.2, 0.25) is 0 Å². The van der Waals surface area contributed by atoms with Crippen LogP contribution in [-0.2, 0) is 10.8 Å². The third-order valence-corrected chi connectivity index (χ3v) is 28.3. The van der Waals surface area contributed by atoms with Gasteiger partial charge in [-0.25, -0.2) is 29.9 Å². The molecule has 0 N–H and O–H groups in total. The second-order valence-corrected chi connectivity index (χ2v) is 35.2. The van der Waals surface area contributed by atoms with Gasteiger partial charge in [0.1, 0.15) is 12.1 Å². The molecule has 2 atom stereocenters. The fourth-order valence-electron chi connectivity index (χ4n) is 22.7. The zero-order valence-electron chi connectivity index (χ0n) is 72.6. The number of aromatic nitrogens is 9. The average molecular weight is 1720 g/mol. The maximum absolute atomic E-state index is 11.1. The highest BCUT2D eigenvalue weighted by atomic mass is 15.1. The van der Waals surface area contributed by atoms with Gasteiger partial charge in [-0.2, -0.15) is 10.5 Å². The van der Waals surface area contributed by atoms with Crippen LogP contribution in [0, 0.1) is 22.7 Å². The van der Waals surface area contributed by atoms with Gasteiger partial charge in [0, 0.05) is 71.4 Å². The molecular formula is C124H73N11. The standard InChI is InChI=1S/C65H38N6.C59H35N5/c66-39-43-35-42(64-68-62(40-17-3-1-4-18-40)67-63(69-64)41-19-5-2-6-20-41)31-34-57(43)71-60-30-16-11-25-49(60)52-37-56-51(38-61(52)71)46-22-8-13-27-54(46)65(56)53-26-12-7-21-45(53)50-36-44(32-33-55(50)65)70-58-28-14-9-23-47(58)48-24-10-15-29-59(48)70;60-36-42-32-41(58-62-56(38-18-6-2-7-19-38)61-57(63-58)39-20-8-3-9-21-39)29-31-53(42)64-54-27-15-12-24-45(54)48-34-52-47(35-55(48)64)44-23-11-14-26-50(44)59(52)49-25-13-10-22-43(49)46-33-40(28-30-51(46)59)37-16-4-1-5-17-37/h1-38H;1-35H. The average Bonchev–Trinajstić information content (AvgIpc) is 1.50. The lowest BCUT2D eigenvalue weighted by atomic mass is 9.70. The molecule has 0 amide bonds. The van der Waals surface area contributed by atoms with Crippen molar-refractivity contribution in [1.82, 2.24) is 43.6 Å². The van der Waals surface area contributed by atoms with E-state index >= 15 is 0 Å². The molecule has 11 nitrogen and oxygen atoms in total. The van der Waals surface area contributed by atoms with Gasteiger partial charge in [0.2, 0.25) is 0 Å². The van der Waals surface area contributed by atoms with Gasteiger partial charge < -0.3 is 13.7 Å². The lowest BCUT2D eigenvalue weighted by Gasteiger charge is -2.30. The Morgan fingerprint density at radius 2 is 0.452 bits per heavy atom. The number of hydrogen-bond acceptors (Lipinski definition) is 8. The monoisotopic (exact) mass is 1720 g/mol. The summed E-state index contributed by atoms with van der Waals surface area (Å²) in [5.74, 6) is 3.30. The summed E-state index contributed by atoms with van der Waals surface area (Å²) in [7, 11) is 0. The Labute approximate surface area is 776 Å². The van der Waals surface area contributed by atoms with Crippen LogP contribution in [0.4, 0.5) is 0 Å². The SMILES string of the molecule is N#Cc1cc(-c2nc(-c3ccccc3)nc(-c3ccccc3)n2)ccc1-n1c2ccccc2c2cc3c(cc21)-c1ccccc1C31c2ccccc2-c2cc(-c3ccccc3)ccc21.N#Cc1cc(-c2nc(-c3ccccc3)nc(-c3ccccc3)n2)ccc1-n1c2ccccc2c2cc3c(cc21)-c1ccccc1C31c2ccccc2-c2cc(-n3c4ccccc4c4ccccc43)ccc21. The van der Waals surface area contributed by atoms with E-state index in [0.29, 0.717) is 46.1 Å². The third kappa shape index (κ3) is 11.4. The van der Waals surface area contributed by atoms with Crippen molar-refractivity contribution in [1.29, 1.82) is 10.5 Å². The van der Waals surface area contributed by atoms with Crippen LogP contribution < -0.4 is 0 Å². The molecule has 28 rings (SSSR count). The quantitative estimate of drug-likeness (QED) is 0.132. The second-order valence-electron chi connectivity index (χ2n) is 35.2. The van der Waals surface area contributed by atoms with Crippen molar-refractivity contribution in [2.75, 3.05) is 0 Å². The maximum Gasteiger partial charge on any atom is 0.164 e. The van der Waals surface area contributed by atoms with Gasteiger partial charge in [0.15, 0.2) is 34.9 Å². The Morgan fingerprint density at radius 1 is 0.178 bits per heavy atom. The van der Waals surface area contributed by atoms with Gasteiger partial charge in [-0.1, -0.05) is 340 Å². The molecule has 0 saturated heterocycles.